The summed E-state index contributed by atoms with van der Waals surface area (Å²) in [5.41, 5.74) is 6.28. The monoisotopic (exact) mass is 298 g/mol. The van der Waals surface area contributed by atoms with Crippen LogP contribution in [0.4, 0.5) is 0 Å². The summed E-state index contributed by atoms with van der Waals surface area (Å²) in [4.78, 5) is 2.52. The molecular formula is C16H18N4S. The number of hydrogen-bond donors (Lipinski definition) is 2. The lowest BCUT2D eigenvalue weighted by molar-refractivity contribution is 0.605. The zero-order valence-electron chi connectivity index (χ0n) is 12.1. The maximum atomic E-state index is 5.82. The van der Waals surface area contributed by atoms with Crippen molar-refractivity contribution < 1.29 is 0 Å². The summed E-state index contributed by atoms with van der Waals surface area (Å²) in [6.07, 6.45) is 1.81. The van der Waals surface area contributed by atoms with E-state index in [9.17, 15) is 0 Å². The number of nitrogens with one attached hydrogen (secondary N) is 1. The molecule has 0 saturated heterocycles. The highest BCUT2D eigenvalue weighted by atomic mass is 32.1. The molecule has 3 aromatic rings. The van der Waals surface area contributed by atoms with Crippen LogP contribution in [-0.2, 0) is 0 Å². The number of aryl methyl sites for hydroxylation is 2. The molecular weight excluding hydrogens is 280 g/mol. The zero-order chi connectivity index (χ0) is 14.8. The van der Waals surface area contributed by atoms with E-state index < -0.39 is 0 Å². The summed E-state index contributed by atoms with van der Waals surface area (Å²) in [7, 11) is 0. The summed E-state index contributed by atoms with van der Waals surface area (Å²) in [6, 6.07) is 14.2. The molecule has 0 aliphatic heterocycles. The van der Waals surface area contributed by atoms with Crippen LogP contribution in [0.25, 0.3) is 5.69 Å². The predicted molar refractivity (Wildman–Crippen MR) is 86.5 cm³/mol. The van der Waals surface area contributed by atoms with Gasteiger partial charge in [-0.15, -0.1) is 11.3 Å². The number of hydrogen-bond acceptors (Lipinski definition) is 4. The average molecular weight is 298 g/mol. The van der Waals surface area contributed by atoms with Crippen molar-refractivity contribution in [3.63, 3.8) is 0 Å². The minimum absolute atomic E-state index is 0.0647. The minimum atomic E-state index is -0.0647. The van der Waals surface area contributed by atoms with Crippen LogP contribution >= 0.6 is 11.3 Å². The SMILES string of the molecule is Cc1cc(C(NN)c2ccnn2-c2ccccc2)sc1C. The first-order valence-corrected chi connectivity index (χ1v) is 7.64. The van der Waals surface area contributed by atoms with E-state index in [1.165, 1.54) is 15.3 Å². The topological polar surface area (TPSA) is 55.9 Å². The zero-order valence-corrected chi connectivity index (χ0v) is 12.9. The highest BCUT2D eigenvalue weighted by molar-refractivity contribution is 7.12. The molecule has 0 radical (unpaired) electrons. The van der Waals surface area contributed by atoms with E-state index in [0.717, 1.165) is 11.4 Å². The Labute approximate surface area is 128 Å². The molecule has 1 atom stereocenters. The lowest BCUT2D eigenvalue weighted by Crippen LogP contribution is -2.30. The molecule has 1 aromatic carbocycles. The Morgan fingerprint density at radius 1 is 1.19 bits per heavy atom. The van der Waals surface area contributed by atoms with Crippen LogP contribution in [0.3, 0.4) is 0 Å². The lowest BCUT2D eigenvalue weighted by atomic mass is 10.1. The molecule has 0 amide bonds. The maximum Gasteiger partial charge on any atom is 0.0974 e. The van der Waals surface area contributed by atoms with Crippen LogP contribution in [0.5, 0.6) is 0 Å². The fourth-order valence-electron chi connectivity index (χ4n) is 2.37. The van der Waals surface area contributed by atoms with Gasteiger partial charge in [0.1, 0.15) is 0 Å². The summed E-state index contributed by atoms with van der Waals surface area (Å²) in [6.45, 7) is 4.25. The highest BCUT2D eigenvalue weighted by Gasteiger charge is 2.20. The molecule has 5 heteroatoms. The quantitative estimate of drug-likeness (QED) is 0.575. The fourth-order valence-corrected chi connectivity index (χ4v) is 3.49. The molecule has 21 heavy (non-hydrogen) atoms. The van der Waals surface area contributed by atoms with Gasteiger partial charge in [0.05, 0.1) is 17.4 Å². The van der Waals surface area contributed by atoms with Gasteiger partial charge in [0, 0.05) is 16.0 Å². The van der Waals surface area contributed by atoms with Gasteiger partial charge in [-0.25, -0.2) is 10.1 Å². The van der Waals surface area contributed by atoms with Crippen LogP contribution in [0.2, 0.25) is 0 Å². The molecule has 2 aromatic heterocycles. The Kier molecular flexibility index (Phi) is 3.88. The third kappa shape index (κ3) is 2.63. The van der Waals surface area contributed by atoms with Gasteiger partial charge in [-0.2, -0.15) is 5.10 Å². The van der Waals surface area contributed by atoms with Gasteiger partial charge in [0.15, 0.2) is 0 Å². The van der Waals surface area contributed by atoms with Gasteiger partial charge in [0.25, 0.3) is 0 Å². The lowest BCUT2D eigenvalue weighted by Gasteiger charge is -2.16. The van der Waals surface area contributed by atoms with Gasteiger partial charge >= 0.3 is 0 Å². The average Bonchev–Trinajstić information content (AvgIpc) is 3.09. The molecule has 108 valence electrons. The van der Waals surface area contributed by atoms with Crippen LogP contribution in [0, 0.1) is 13.8 Å². The number of aromatic nitrogens is 2. The van der Waals surface area contributed by atoms with Gasteiger partial charge in [-0.1, -0.05) is 18.2 Å². The Morgan fingerprint density at radius 3 is 2.57 bits per heavy atom. The van der Waals surface area contributed by atoms with Crippen molar-refractivity contribution in [2.24, 2.45) is 5.84 Å². The van der Waals surface area contributed by atoms with Crippen molar-refractivity contribution >= 4 is 11.3 Å². The minimum Gasteiger partial charge on any atom is -0.270 e. The summed E-state index contributed by atoms with van der Waals surface area (Å²) in [5, 5.41) is 4.44. The number of nitrogens with zero attached hydrogens (tertiary/aromatic N) is 2. The standard InChI is InChI=1S/C16H18N4S/c1-11-10-15(21-12(11)2)16(19-17)14-8-9-18-20(14)13-6-4-3-5-7-13/h3-10,16,19H,17H2,1-2H3. The fraction of sp³-hybridized carbons (Fsp3) is 0.188. The molecule has 0 fully saturated rings. The third-order valence-electron chi connectivity index (χ3n) is 3.60. The Hall–Kier alpha value is -1.95. The summed E-state index contributed by atoms with van der Waals surface area (Å²) < 4.78 is 1.93. The Balaban J connectivity index is 2.05. The number of thiophene rings is 1. The van der Waals surface area contributed by atoms with E-state index >= 15 is 0 Å². The van der Waals surface area contributed by atoms with Crippen LogP contribution in [0.15, 0.2) is 48.7 Å². The van der Waals surface area contributed by atoms with Crippen LogP contribution in [-0.4, -0.2) is 9.78 Å². The first kappa shape index (κ1) is 14.0. The first-order valence-electron chi connectivity index (χ1n) is 6.83. The number of benzene rings is 1. The van der Waals surface area contributed by atoms with E-state index in [1.54, 1.807) is 17.5 Å². The number of nitrogens with two attached hydrogens (primary N) is 1. The van der Waals surface area contributed by atoms with E-state index in [2.05, 4.69) is 30.4 Å². The van der Waals surface area contributed by atoms with Crippen LogP contribution < -0.4 is 11.3 Å². The normalized spacial score (nSPS) is 12.5. The van der Waals surface area contributed by atoms with Crippen molar-refractivity contribution in [1.29, 1.82) is 0 Å². The molecule has 0 spiro atoms. The van der Waals surface area contributed by atoms with E-state index in [4.69, 9.17) is 5.84 Å². The highest BCUT2D eigenvalue weighted by Crippen LogP contribution is 2.31. The Morgan fingerprint density at radius 2 is 1.95 bits per heavy atom. The van der Waals surface area contributed by atoms with Crippen molar-refractivity contribution in [1.82, 2.24) is 15.2 Å². The van der Waals surface area contributed by atoms with Gasteiger partial charge in [-0.3, -0.25) is 5.84 Å². The molecule has 0 aliphatic rings. The summed E-state index contributed by atoms with van der Waals surface area (Å²) >= 11 is 1.77. The number of rotatable bonds is 4. The van der Waals surface area contributed by atoms with Crippen molar-refractivity contribution in [2.45, 2.75) is 19.9 Å². The molecule has 4 nitrogen and oxygen atoms in total. The third-order valence-corrected chi connectivity index (χ3v) is 4.82. The van der Waals surface area contributed by atoms with Crippen molar-refractivity contribution in [2.75, 3.05) is 0 Å². The number of para-hydroxylation sites is 1. The van der Waals surface area contributed by atoms with Gasteiger partial charge < -0.3 is 0 Å². The molecule has 3 N–H and O–H groups in total. The van der Waals surface area contributed by atoms with Crippen LogP contribution in [0.1, 0.15) is 27.1 Å². The predicted octanol–water partition coefficient (Wildman–Crippen LogP) is 3.10. The second-order valence-corrected chi connectivity index (χ2v) is 6.28. The molecule has 0 bridgehead atoms. The van der Waals surface area contributed by atoms with E-state index in [0.29, 0.717) is 0 Å². The second-order valence-electron chi connectivity index (χ2n) is 4.99. The Bertz CT molecular complexity index is 710. The van der Waals surface area contributed by atoms with E-state index in [1.807, 2.05) is 41.1 Å². The second kappa shape index (κ2) is 5.81. The largest absolute Gasteiger partial charge is 0.270 e. The van der Waals surface area contributed by atoms with Crippen molar-refractivity contribution in [3.8, 4) is 5.69 Å². The first-order chi connectivity index (χ1) is 10.2. The number of hydrazine groups is 1. The van der Waals surface area contributed by atoms with Gasteiger partial charge in [-0.05, 0) is 43.7 Å². The van der Waals surface area contributed by atoms with Gasteiger partial charge in [0.2, 0.25) is 0 Å². The molecule has 0 aliphatic carbocycles. The molecule has 0 saturated carbocycles. The molecule has 2 heterocycles. The molecule has 1 unspecified atom stereocenters. The smallest absolute Gasteiger partial charge is 0.0974 e. The summed E-state index contributed by atoms with van der Waals surface area (Å²) in [5.74, 6) is 5.82. The maximum absolute atomic E-state index is 5.82. The van der Waals surface area contributed by atoms with Crippen molar-refractivity contribution in [3.05, 3.63) is 69.7 Å². The van der Waals surface area contributed by atoms with E-state index in [-0.39, 0.29) is 6.04 Å². The molecule has 3 rings (SSSR count).